The van der Waals surface area contributed by atoms with E-state index < -0.39 is 4.92 Å². The van der Waals surface area contributed by atoms with Crippen molar-refractivity contribution in [2.24, 2.45) is 10.3 Å². The zero-order valence-corrected chi connectivity index (χ0v) is 18.9. The number of benzene rings is 3. The highest BCUT2D eigenvalue weighted by molar-refractivity contribution is 6.48. The molecule has 0 aliphatic carbocycles. The SMILES string of the molecule is CCCCCCC(=NO)C(=NO)c1ccc2c(c1)c1ccccc1n2-c1ccc([N+](=O)[O-])cc1. The van der Waals surface area contributed by atoms with Crippen molar-refractivity contribution in [2.75, 3.05) is 0 Å². The van der Waals surface area contributed by atoms with Gasteiger partial charge in [0.15, 0.2) is 0 Å². The number of nitro benzene ring substituents is 1. The van der Waals surface area contributed by atoms with Crippen molar-refractivity contribution in [1.29, 1.82) is 0 Å². The molecule has 0 aliphatic rings. The number of nitrogens with zero attached hydrogens (tertiary/aromatic N) is 4. The molecular weight excluding hydrogens is 432 g/mol. The number of nitro groups is 1. The van der Waals surface area contributed by atoms with E-state index in [0.29, 0.717) is 17.7 Å². The summed E-state index contributed by atoms with van der Waals surface area (Å²) in [5.41, 5.74) is 3.91. The van der Waals surface area contributed by atoms with Gasteiger partial charge in [0.25, 0.3) is 5.69 Å². The molecule has 1 heterocycles. The number of non-ortho nitro benzene ring substituents is 1. The Hall–Kier alpha value is -4.20. The lowest BCUT2D eigenvalue weighted by atomic mass is 9.99. The molecule has 0 saturated heterocycles. The van der Waals surface area contributed by atoms with E-state index in [2.05, 4.69) is 17.2 Å². The van der Waals surface area contributed by atoms with E-state index >= 15 is 0 Å². The molecule has 3 aromatic carbocycles. The number of fused-ring (bicyclic) bond motifs is 3. The average Bonchev–Trinajstić information content (AvgIpc) is 3.19. The van der Waals surface area contributed by atoms with Crippen LogP contribution >= 0.6 is 0 Å². The zero-order chi connectivity index (χ0) is 24.1. The average molecular weight is 459 g/mol. The number of hydrogen-bond acceptors (Lipinski definition) is 6. The van der Waals surface area contributed by atoms with Gasteiger partial charge in [-0.2, -0.15) is 0 Å². The van der Waals surface area contributed by atoms with Crippen molar-refractivity contribution in [3.63, 3.8) is 0 Å². The van der Waals surface area contributed by atoms with Crippen LogP contribution in [0.5, 0.6) is 0 Å². The second-order valence-electron chi connectivity index (χ2n) is 8.16. The molecule has 0 unspecified atom stereocenters. The minimum Gasteiger partial charge on any atom is -0.411 e. The maximum absolute atomic E-state index is 11.1. The first kappa shape index (κ1) is 23.0. The van der Waals surface area contributed by atoms with Crippen molar-refractivity contribution >= 4 is 38.9 Å². The van der Waals surface area contributed by atoms with Crippen LogP contribution in [0.1, 0.15) is 44.6 Å². The Labute approximate surface area is 196 Å². The first-order valence-electron chi connectivity index (χ1n) is 11.3. The van der Waals surface area contributed by atoms with Gasteiger partial charge in [-0.3, -0.25) is 10.1 Å². The molecule has 174 valence electrons. The van der Waals surface area contributed by atoms with Crippen LogP contribution in [-0.2, 0) is 0 Å². The summed E-state index contributed by atoms with van der Waals surface area (Å²) < 4.78 is 2.04. The molecule has 0 aliphatic heterocycles. The van der Waals surface area contributed by atoms with Crippen LogP contribution in [0.4, 0.5) is 5.69 Å². The Morgan fingerprint density at radius 2 is 1.65 bits per heavy atom. The summed E-state index contributed by atoms with van der Waals surface area (Å²) in [7, 11) is 0. The predicted molar refractivity (Wildman–Crippen MR) is 134 cm³/mol. The van der Waals surface area contributed by atoms with Gasteiger partial charge in [0.05, 0.1) is 16.0 Å². The van der Waals surface area contributed by atoms with Crippen molar-refractivity contribution in [3.8, 4) is 5.69 Å². The van der Waals surface area contributed by atoms with Crippen molar-refractivity contribution in [1.82, 2.24) is 4.57 Å². The molecule has 0 saturated carbocycles. The minimum atomic E-state index is -0.416. The Morgan fingerprint density at radius 3 is 2.32 bits per heavy atom. The molecule has 2 N–H and O–H groups in total. The monoisotopic (exact) mass is 458 g/mol. The minimum absolute atomic E-state index is 0.0327. The van der Waals surface area contributed by atoms with Gasteiger partial charge in [-0.1, -0.05) is 60.8 Å². The zero-order valence-electron chi connectivity index (χ0n) is 18.9. The molecule has 34 heavy (non-hydrogen) atoms. The predicted octanol–water partition coefficient (Wildman–Crippen LogP) is 6.67. The Kier molecular flexibility index (Phi) is 6.87. The molecule has 4 rings (SSSR count). The Balaban J connectivity index is 1.80. The van der Waals surface area contributed by atoms with E-state index in [9.17, 15) is 20.5 Å². The Morgan fingerprint density at radius 1 is 0.912 bits per heavy atom. The van der Waals surface area contributed by atoms with E-state index in [1.54, 1.807) is 12.1 Å². The summed E-state index contributed by atoms with van der Waals surface area (Å²) in [5.74, 6) is 0. The lowest BCUT2D eigenvalue weighted by molar-refractivity contribution is -0.384. The molecule has 4 aromatic rings. The molecule has 0 spiro atoms. The van der Waals surface area contributed by atoms with Gasteiger partial charge in [0.1, 0.15) is 11.4 Å². The molecule has 0 amide bonds. The van der Waals surface area contributed by atoms with Crippen molar-refractivity contribution in [3.05, 3.63) is 82.4 Å². The number of oxime groups is 2. The number of hydrogen-bond donors (Lipinski definition) is 2. The highest BCUT2D eigenvalue weighted by Gasteiger charge is 2.18. The van der Waals surface area contributed by atoms with Gasteiger partial charge in [0.2, 0.25) is 0 Å². The fourth-order valence-corrected chi connectivity index (χ4v) is 4.34. The topological polar surface area (TPSA) is 113 Å². The van der Waals surface area contributed by atoms with E-state index in [1.807, 2.05) is 47.0 Å². The van der Waals surface area contributed by atoms with Crippen LogP contribution in [0.2, 0.25) is 0 Å². The van der Waals surface area contributed by atoms with Gasteiger partial charge >= 0.3 is 0 Å². The van der Waals surface area contributed by atoms with Crippen molar-refractivity contribution < 1.29 is 15.3 Å². The van der Waals surface area contributed by atoms with Gasteiger partial charge in [-0.05, 0) is 43.2 Å². The third-order valence-corrected chi connectivity index (χ3v) is 6.03. The summed E-state index contributed by atoms with van der Waals surface area (Å²) in [4.78, 5) is 10.7. The van der Waals surface area contributed by atoms with E-state index in [0.717, 1.165) is 53.2 Å². The van der Waals surface area contributed by atoms with Crippen LogP contribution in [0, 0.1) is 10.1 Å². The van der Waals surface area contributed by atoms with Gasteiger partial charge in [-0.15, -0.1) is 0 Å². The third-order valence-electron chi connectivity index (χ3n) is 6.03. The number of rotatable bonds is 9. The highest BCUT2D eigenvalue weighted by Crippen LogP contribution is 2.33. The number of aromatic nitrogens is 1. The van der Waals surface area contributed by atoms with Gasteiger partial charge in [-0.25, -0.2) is 0 Å². The second kappa shape index (κ2) is 10.2. The molecule has 1 aromatic heterocycles. The maximum atomic E-state index is 11.1. The van der Waals surface area contributed by atoms with Crippen LogP contribution in [0.15, 0.2) is 77.0 Å². The number of unbranched alkanes of at least 4 members (excludes halogenated alkanes) is 3. The van der Waals surface area contributed by atoms with E-state index in [1.165, 1.54) is 12.1 Å². The van der Waals surface area contributed by atoms with Crippen LogP contribution in [-0.4, -0.2) is 31.3 Å². The number of para-hydroxylation sites is 1. The van der Waals surface area contributed by atoms with E-state index in [-0.39, 0.29) is 11.4 Å². The van der Waals surface area contributed by atoms with Crippen LogP contribution in [0.3, 0.4) is 0 Å². The molecular formula is C26H26N4O4. The molecule has 8 heteroatoms. The van der Waals surface area contributed by atoms with Crippen molar-refractivity contribution in [2.45, 2.75) is 39.0 Å². The molecule has 0 bridgehead atoms. The highest BCUT2D eigenvalue weighted by atomic mass is 16.6. The quantitative estimate of drug-likeness (QED) is 0.0958. The standard InChI is InChI=1S/C26H26N4O4/c1-2-3-4-5-9-23(27-31)26(28-32)18-11-16-25-22(17-18)21-8-6-7-10-24(21)29(25)19-12-14-20(15-13-19)30(33)34/h6-8,10-17,31-32H,2-5,9H2,1H3. The lowest BCUT2D eigenvalue weighted by Crippen LogP contribution is -2.16. The summed E-state index contributed by atoms with van der Waals surface area (Å²) in [6.45, 7) is 2.13. The second-order valence-corrected chi connectivity index (χ2v) is 8.16. The van der Waals surface area contributed by atoms with Gasteiger partial charge in [0, 0.05) is 34.2 Å². The first-order valence-corrected chi connectivity index (χ1v) is 11.3. The summed E-state index contributed by atoms with van der Waals surface area (Å²) >= 11 is 0. The maximum Gasteiger partial charge on any atom is 0.269 e. The lowest BCUT2D eigenvalue weighted by Gasteiger charge is -2.09. The first-order chi connectivity index (χ1) is 16.6. The fourth-order valence-electron chi connectivity index (χ4n) is 4.34. The normalized spacial score (nSPS) is 12.5. The molecule has 0 atom stereocenters. The van der Waals surface area contributed by atoms with Crippen LogP contribution < -0.4 is 0 Å². The van der Waals surface area contributed by atoms with E-state index in [4.69, 9.17) is 0 Å². The van der Waals surface area contributed by atoms with Gasteiger partial charge < -0.3 is 15.0 Å². The smallest absolute Gasteiger partial charge is 0.269 e. The third kappa shape index (κ3) is 4.34. The summed E-state index contributed by atoms with van der Waals surface area (Å²) in [5, 5.41) is 39.2. The Bertz CT molecular complexity index is 1390. The van der Waals surface area contributed by atoms with Crippen LogP contribution in [0.25, 0.3) is 27.5 Å². The summed E-state index contributed by atoms with van der Waals surface area (Å²) in [6.07, 6.45) is 4.56. The molecule has 0 fully saturated rings. The fraction of sp³-hybridized carbons (Fsp3) is 0.231. The largest absolute Gasteiger partial charge is 0.411 e. The summed E-state index contributed by atoms with van der Waals surface area (Å²) in [6, 6.07) is 20.0. The molecule has 0 radical (unpaired) electrons. The molecule has 8 nitrogen and oxygen atoms in total.